The van der Waals surface area contributed by atoms with Crippen molar-refractivity contribution in [1.82, 2.24) is 4.90 Å². The van der Waals surface area contributed by atoms with Gasteiger partial charge in [0, 0.05) is 13.1 Å². The van der Waals surface area contributed by atoms with Crippen molar-refractivity contribution in [3.05, 3.63) is 0 Å². The molecule has 0 aromatic carbocycles. The van der Waals surface area contributed by atoms with E-state index in [4.69, 9.17) is 0 Å². The largest absolute Gasteiger partial charge is 0.306 e. The Labute approximate surface area is 82.5 Å². The monoisotopic (exact) mass is 181 g/mol. The molecular weight excluding hydrogens is 158 g/mol. The first-order chi connectivity index (χ1) is 5.93. The van der Waals surface area contributed by atoms with Gasteiger partial charge in [-0.2, -0.15) is 0 Å². The molecule has 0 unspecified atom stereocenters. The molecule has 3 saturated carbocycles. The lowest BCUT2D eigenvalue weighted by atomic mass is 9.36. The van der Waals surface area contributed by atoms with Crippen LogP contribution in [0, 0.1) is 16.7 Å². The molecule has 0 N–H and O–H groups in total. The first-order valence-corrected chi connectivity index (χ1v) is 5.62. The zero-order chi connectivity index (χ0) is 9.69. The van der Waals surface area contributed by atoms with Gasteiger partial charge >= 0.3 is 0 Å². The van der Waals surface area contributed by atoms with Crippen LogP contribution in [0.15, 0.2) is 0 Å². The van der Waals surface area contributed by atoms with Crippen molar-refractivity contribution in [3.63, 3.8) is 0 Å². The van der Waals surface area contributed by atoms with Crippen LogP contribution in [0.3, 0.4) is 0 Å². The lowest BCUT2D eigenvalue weighted by Gasteiger charge is -2.70. The molecule has 0 aliphatic heterocycles. The van der Waals surface area contributed by atoms with Gasteiger partial charge < -0.3 is 4.90 Å². The highest BCUT2D eigenvalue weighted by Gasteiger charge is 2.64. The zero-order valence-electron chi connectivity index (χ0n) is 9.56. The summed E-state index contributed by atoms with van der Waals surface area (Å²) in [6, 6.07) is 0. The van der Waals surface area contributed by atoms with E-state index in [1.165, 1.54) is 32.4 Å². The Morgan fingerprint density at radius 3 is 2.15 bits per heavy atom. The normalized spacial score (nSPS) is 42.0. The summed E-state index contributed by atoms with van der Waals surface area (Å²) in [4.78, 5) is 2.53. The molecule has 0 heterocycles. The molecule has 0 amide bonds. The maximum Gasteiger partial charge on any atom is 0.00356 e. The van der Waals surface area contributed by atoms with Crippen LogP contribution in [-0.2, 0) is 0 Å². The highest BCUT2D eigenvalue weighted by atomic mass is 15.1. The van der Waals surface area contributed by atoms with Crippen LogP contribution in [0.2, 0.25) is 0 Å². The van der Waals surface area contributed by atoms with Crippen LogP contribution >= 0.6 is 0 Å². The Hall–Kier alpha value is -0.0400. The number of rotatable bonds is 4. The summed E-state index contributed by atoms with van der Waals surface area (Å²) in [5, 5.41) is 0. The SMILES string of the molecule is CC(C)CN(C)CC12CC(C)(C1)C2. The van der Waals surface area contributed by atoms with Crippen molar-refractivity contribution in [3.8, 4) is 0 Å². The lowest BCUT2D eigenvalue weighted by molar-refractivity contribution is -0.199. The molecule has 76 valence electrons. The molecule has 3 aliphatic carbocycles. The van der Waals surface area contributed by atoms with Gasteiger partial charge in [0.1, 0.15) is 0 Å². The Kier molecular flexibility index (Phi) is 1.99. The van der Waals surface area contributed by atoms with Gasteiger partial charge in [-0.05, 0) is 43.1 Å². The number of hydrogen-bond donors (Lipinski definition) is 0. The van der Waals surface area contributed by atoms with Crippen LogP contribution < -0.4 is 0 Å². The summed E-state index contributed by atoms with van der Waals surface area (Å²) >= 11 is 0. The minimum atomic E-state index is 0.762. The topological polar surface area (TPSA) is 3.24 Å². The van der Waals surface area contributed by atoms with Crippen LogP contribution in [0.5, 0.6) is 0 Å². The molecular formula is C12H23N. The highest BCUT2D eigenvalue weighted by molar-refractivity contribution is 5.15. The van der Waals surface area contributed by atoms with E-state index in [0.29, 0.717) is 0 Å². The minimum absolute atomic E-state index is 0.762. The fraction of sp³-hybridized carbons (Fsp3) is 1.00. The molecule has 0 radical (unpaired) electrons. The van der Waals surface area contributed by atoms with Crippen molar-refractivity contribution >= 4 is 0 Å². The van der Waals surface area contributed by atoms with Gasteiger partial charge in [-0.1, -0.05) is 20.8 Å². The zero-order valence-corrected chi connectivity index (χ0v) is 9.56. The van der Waals surface area contributed by atoms with Crippen molar-refractivity contribution in [2.75, 3.05) is 20.1 Å². The smallest absolute Gasteiger partial charge is 0.00356 e. The number of nitrogens with zero attached hydrogens (tertiary/aromatic N) is 1. The maximum atomic E-state index is 2.53. The molecule has 1 heteroatoms. The van der Waals surface area contributed by atoms with Crippen LogP contribution in [-0.4, -0.2) is 25.0 Å². The second-order valence-corrected chi connectivity index (χ2v) is 6.43. The van der Waals surface area contributed by atoms with Crippen molar-refractivity contribution in [2.45, 2.75) is 40.0 Å². The fourth-order valence-electron chi connectivity index (χ4n) is 3.99. The third kappa shape index (κ3) is 1.63. The molecule has 2 bridgehead atoms. The Bertz CT molecular complexity index is 187. The first kappa shape index (κ1) is 9.51. The van der Waals surface area contributed by atoms with Crippen LogP contribution in [0.25, 0.3) is 0 Å². The molecule has 0 aromatic rings. The Morgan fingerprint density at radius 1 is 1.23 bits per heavy atom. The molecule has 0 saturated heterocycles. The molecule has 13 heavy (non-hydrogen) atoms. The van der Waals surface area contributed by atoms with E-state index < -0.39 is 0 Å². The molecule has 1 nitrogen and oxygen atoms in total. The maximum absolute atomic E-state index is 2.53. The predicted molar refractivity (Wildman–Crippen MR) is 56.7 cm³/mol. The summed E-state index contributed by atoms with van der Waals surface area (Å²) in [7, 11) is 2.28. The lowest BCUT2D eigenvalue weighted by Crippen LogP contribution is -2.63. The molecule has 0 spiro atoms. The van der Waals surface area contributed by atoms with Crippen molar-refractivity contribution < 1.29 is 0 Å². The van der Waals surface area contributed by atoms with Gasteiger partial charge in [0.2, 0.25) is 0 Å². The van der Waals surface area contributed by atoms with E-state index in [9.17, 15) is 0 Å². The van der Waals surface area contributed by atoms with Gasteiger partial charge in [-0.3, -0.25) is 0 Å². The standard InChI is InChI=1S/C12H23N/c1-10(2)5-13(4)9-12-6-11(3,7-12)8-12/h10H,5-9H2,1-4H3. The minimum Gasteiger partial charge on any atom is -0.306 e. The highest BCUT2D eigenvalue weighted by Crippen LogP contribution is 2.73. The van der Waals surface area contributed by atoms with E-state index >= 15 is 0 Å². The summed E-state index contributed by atoms with van der Waals surface area (Å²) < 4.78 is 0. The Balaban J connectivity index is 1.74. The van der Waals surface area contributed by atoms with Crippen molar-refractivity contribution in [2.24, 2.45) is 16.7 Å². The fourth-order valence-corrected chi connectivity index (χ4v) is 3.99. The summed E-state index contributed by atoms with van der Waals surface area (Å²) in [5.74, 6) is 0.813. The molecule has 3 rings (SSSR count). The Morgan fingerprint density at radius 2 is 1.77 bits per heavy atom. The van der Waals surface area contributed by atoms with Crippen LogP contribution in [0.1, 0.15) is 40.0 Å². The average Bonchev–Trinajstić information content (AvgIpc) is 1.79. The molecule has 0 aromatic heterocycles. The number of hydrogen-bond acceptors (Lipinski definition) is 1. The van der Waals surface area contributed by atoms with Crippen molar-refractivity contribution in [1.29, 1.82) is 0 Å². The third-order valence-electron chi connectivity index (χ3n) is 3.69. The third-order valence-corrected chi connectivity index (χ3v) is 3.69. The van der Waals surface area contributed by atoms with Gasteiger partial charge in [0.05, 0.1) is 0 Å². The van der Waals surface area contributed by atoms with E-state index in [1.807, 2.05) is 0 Å². The summed E-state index contributed by atoms with van der Waals surface area (Å²) in [6.07, 6.45) is 4.51. The van der Waals surface area contributed by atoms with Gasteiger partial charge in [0.15, 0.2) is 0 Å². The summed E-state index contributed by atoms with van der Waals surface area (Å²) in [5.41, 5.74) is 1.54. The van der Waals surface area contributed by atoms with Gasteiger partial charge in [-0.25, -0.2) is 0 Å². The molecule has 3 fully saturated rings. The molecule has 0 atom stereocenters. The van der Waals surface area contributed by atoms with E-state index in [1.54, 1.807) is 0 Å². The van der Waals surface area contributed by atoms with E-state index in [0.717, 1.165) is 16.7 Å². The van der Waals surface area contributed by atoms with Crippen LogP contribution in [0.4, 0.5) is 0 Å². The second-order valence-electron chi connectivity index (χ2n) is 6.43. The summed E-state index contributed by atoms with van der Waals surface area (Å²) in [6.45, 7) is 9.66. The van der Waals surface area contributed by atoms with Gasteiger partial charge in [0.25, 0.3) is 0 Å². The van der Waals surface area contributed by atoms with E-state index in [2.05, 4.69) is 32.7 Å². The van der Waals surface area contributed by atoms with E-state index in [-0.39, 0.29) is 0 Å². The average molecular weight is 181 g/mol. The first-order valence-electron chi connectivity index (χ1n) is 5.62. The predicted octanol–water partition coefficient (Wildman–Crippen LogP) is 2.76. The second kappa shape index (κ2) is 2.73. The quantitative estimate of drug-likeness (QED) is 0.644. The van der Waals surface area contributed by atoms with Gasteiger partial charge in [-0.15, -0.1) is 0 Å². The molecule has 3 aliphatic rings.